The number of ether oxygens (including phenoxy) is 1. The average molecular weight is 557 g/mol. The quantitative estimate of drug-likeness (QED) is 0.208. The number of carbonyl (C=O) groups is 3. The number of aryl methyl sites for hydroxylation is 1. The van der Waals surface area contributed by atoms with E-state index in [0.29, 0.717) is 36.8 Å². The predicted octanol–water partition coefficient (Wildman–Crippen LogP) is 2.65. The van der Waals surface area contributed by atoms with Crippen LogP contribution in [0.5, 0.6) is 0 Å². The fourth-order valence-electron chi connectivity index (χ4n) is 3.73. The first-order valence-corrected chi connectivity index (χ1v) is 13.5. The number of nitrogens with zero attached hydrogens (tertiary/aromatic N) is 3. The molecule has 0 spiro atoms. The van der Waals surface area contributed by atoms with E-state index in [1.807, 2.05) is 62.3 Å². The lowest BCUT2D eigenvalue weighted by Crippen LogP contribution is -2.53. The first kappa shape index (κ1) is 32.5. The van der Waals surface area contributed by atoms with E-state index >= 15 is 0 Å². The Morgan fingerprint density at radius 1 is 0.850 bits per heavy atom. The number of alkyl carbamates (subject to hydrolysis) is 1. The minimum Gasteiger partial charge on any atom is -0.444 e. The maximum absolute atomic E-state index is 13.1. The first-order chi connectivity index (χ1) is 19.0. The van der Waals surface area contributed by atoms with E-state index in [9.17, 15) is 19.6 Å². The van der Waals surface area contributed by atoms with Crippen molar-refractivity contribution in [1.82, 2.24) is 30.8 Å². The van der Waals surface area contributed by atoms with Crippen molar-refractivity contribution in [3.05, 3.63) is 59.7 Å². The van der Waals surface area contributed by atoms with Crippen molar-refractivity contribution < 1.29 is 24.3 Å². The summed E-state index contributed by atoms with van der Waals surface area (Å²) < 4.78 is 5.46. The van der Waals surface area contributed by atoms with Crippen LogP contribution in [0.4, 0.5) is 9.59 Å². The van der Waals surface area contributed by atoms with Crippen molar-refractivity contribution in [2.45, 2.75) is 32.4 Å². The topological polar surface area (TPSA) is 126 Å². The molecule has 0 saturated heterocycles. The second kappa shape index (κ2) is 16.4. The van der Waals surface area contributed by atoms with Crippen molar-refractivity contribution in [2.75, 3.05) is 60.9 Å². The smallest absolute Gasteiger partial charge is 0.407 e. The van der Waals surface area contributed by atoms with Crippen LogP contribution in [0.3, 0.4) is 0 Å². The van der Waals surface area contributed by atoms with E-state index in [0.717, 1.165) is 17.5 Å². The number of urea groups is 1. The van der Waals surface area contributed by atoms with Gasteiger partial charge in [-0.25, -0.2) is 14.7 Å². The van der Waals surface area contributed by atoms with Gasteiger partial charge in [-0.05, 0) is 70.4 Å². The largest absolute Gasteiger partial charge is 0.444 e. The Labute approximate surface area is 237 Å². The third-order valence-corrected chi connectivity index (χ3v) is 6.29. The molecular formula is C29H44N6O5. The highest BCUT2D eigenvalue weighted by molar-refractivity contribution is 5.95. The van der Waals surface area contributed by atoms with E-state index in [4.69, 9.17) is 4.74 Å². The van der Waals surface area contributed by atoms with Crippen LogP contribution in [0, 0.1) is 0 Å². The molecule has 0 aliphatic carbocycles. The molecule has 0 aliphatic rings. The molecule has 0 fully saturated rings. The van der Waals surface area contributed by atoms with Crippen molar-refractivity contribution in [3.8, 4) is 11.1 Å². The van der Waals surface area contributed by atoms with Gasteiger partial charge in [-0.15, -0.1) is 0 Å². The van der Waals surface area contributed by atoms with Gasteiger partial charge in [0.05, 0.1) is 12.6 Å². The highest BCUT2D eigenvalue weighted by Gasteiger charge is 2.27. The molecule has 4 N–H and O–H groups in total. The number of amides is 4. The molecule has 11 heteroatoms. The van der Waals surface area contributed by atoms with Gasteiger partial charge < -0.3 is 30.5 Å². The number of carbonyl (C=O) groups excluding carboxylic acids is 3. The van der Waals surface area contributed by atoms with Crippen LogP contribution in [0.25, 0.3) is 11.1 Å². The molecule has 2 unspecified atom stereocenters. The van der Waals surface area contributed by atoms with Crippen molar-refractivity contribution >= 4 is 18.0 Å². The van der Waals surface area contributed by atoms with E-state index in [1.165, 1.54) is 5.56 Å². The molecule has 2 aromatic carbocycles. The SMILES string of the molecule is CCc1ccc(-c2ccc(C(=O)NC(CN(O)C(=O)NCCN(C)C)C(C)OC(=O)NCCN(C)C)cc2)cc1. The third kappa shape index (κ3) is 11.2. The van der Waals surface area contributed by atoms with Gasteiger partial charge in [-0.2, -0.15) is 0 Å². The molecule has 220 valence electrons. The summed E-state index contributed by atoms with van der Waals surface area (Å²) in [5, 5.41) is 19.0. The fourth-order valence-corrected chi connectivity index (χ4v) is 3.73. The highest BCUT2D eigenvalue weighted by Crippen LogP contribution is 2.21. The van der Waals surface area contributed by atoms with Gasteiger partial charge in [-0.1, -0.05) is 43.3 Å². The average Bonchev–Trinajstić information content (AvgIpc) is 2.92. The molecule has 2 aromatic rings. The molecule has 0 saturated carbocycles. The maximum atomic E-state index is 13.1. The minimum absolute atomic E-state index is 0.298. The molecule has 0 aliphatic heterocycles. The Morgan fingerprint density at radius 2 is 1.38 bits per heavy atom. The molecule has 0 heterocycles. The number of nitrogens with one attached hydrogen (secondary N) is 3. The monoisotopic (exact) mass is 556 g/mol. The molecule has 4 amide bonds. The summed E-state index contributed by atoms with van der Waals surface area (Å²) in [6, 6.07) is 13.8. The van der Waals surface area contributed by atoms with Gasteiger partial charge in [0.15, 0.2) is 0 Å². The lowest BCUT2D eigenvalue weighted by atomic mass is 10.0. The number of benzene rings is 2. The zero-order valence-electron chi connectivity index (χ0n) is 24.4. The summed E-state index contributed by atoms with van der Waals surface area (Å²) in [6.07, 6.45) is -0.556. The number of likely N-dealkylation sites (N-methyl/N-ethyl adjacent to an activating group) is 2. The summed E-state index contributed by atoms with van der Waals surface area (Å²) >= 11 is 0. The first-order valence-electron chi connectivity index (χ1n) is 13.5. The van der Waals surface area contributed by atoms with Gasteiger partial charge in [-0.3, -0.25) is 10.0 Å². The molecule has 2 rings (SSSR count). The number of hydrogen-bond donors (Lipinski definition) is 4. The van der Waals surface area contributed by atoms with Crippen molar-refractivity contribution in [3.63, 3.8) is 0 Å². The number of hydrogen-bond acceptors (Lipinski definition) is 7. The lowest BCUT2D eigenvalue weighted by Gasteiger charge is -2.28. The predicted molar refractivity (Wildman–Crippen MR) is 155 cm³/mol. The standard InChI is InChI=1S/C29H44N6O5/c1-7-22-8-10-23(11-9-22)24-12-14-25(15-13-24)27(36)32-26(20-35(39)28(37)30-16-18-33(3)4)21(2)40-29(38)31-17-19-34(5)6/h8-15,21,26,39H,7,16-20H2,1-6H3,(H,30,37)(H,31,38)(H,32,36). The zero-order valence-corrected chi connectivity index (χ0v) is 24.4. The molecule has 0 aromatic heterocycles. The molecule has 2 atom stereocenters. The fraction of sp³-hybridized carbons (Fsp3) is 0.483. The summed E-state index contributed by atoms with van der Waals surface area (Å²) in [5.74, 6) is -0.428. The van der Waals surface area contributed by atoms with Crippen molar-refractivity contribution in [1.29, 1.82) is 0 Å². The second-order valence-electron chi connectivity index (χ2n) is 10.2. The van der Waals surface area contributed by atoms with Gasteiger partial charge >= 0.3 is 12.1 Å². The highest BCUT2D eigenvalue weighted by atomic mass is 16.6. The molecule has 11 nitrogen and oxygen atoms in total. The van der Waals surface area contributed by atoms with E-state index in [1.54, 1.807) is 19.1 Å². The van der Waals surface area contributed by atoms with E-state index in [2.05, 4.69) is 35.0 Å². The Balaban J connectivity index is 2.10. The third-order valence-electron chi connectivity index (χ3n) is 6.29. The Hall–Kier alpha value is -3.67. The van der Waals surface area contributed by atoms with Gasteiger partial charge in [0, 0.05) is 31.7 Å². The summed E-state index contributed by atoms with van der Waals surface area (Å²) in [4.78, 5) is 41.6. The van der Waals surface area contributed by atoms with Gasteiger partial charge in [0.25, 0.3) is 5.91 Å². The van der Waals surface area contributed by atoms with Crippen LogP contribution in [-0.4, -0.2) is 111 Å². The molecule has 0 bridgehead atoms. The van der Waals surface area contributed by atoms with Crippen LogP contribution in [0.1, 0.15) is 29.8 Å². The van der Waals surface area contributed by atoms with Crippen molar-refractivity contribution in [2.24, 2.45) is 0 Å². The van der Waals surface area contributed by atoms with Gasteiger partial charge in [0.1, 0.15) is 6.10 Å². The van der Waals surface area contributed by atoms with Crippen LogP contribution >= 0.6 is 0 Å². The molecular weight excluding hydrogens is 512 g/mol. The van der Waals surface area contributed by atoms with Gasteiger partial charge in [0.2, 0.25) is 0 Å². The maximum Gasteiger partial charge on any atom is 0.407 e. The normalized spacial score (nSPS) is 12.5. The summed E-state index contributed by atoms with van der Waals surface area (Å²) in [6.45, 7) is 5.32. The van der Waals surface area contributed by atoms with E-state index in [-0.39, 0.29) is 6.54 Å². The number of hydroxylamine groups is 2. The summed E-state index contributed by atoms with van der Waals surface area (Å²) in [7, 11) is 7.50. The second-order valence-corrected chi connectivity index (χ2v) is 10.2. The lowest BCUT2D eigenvalue weighted by molar-refractivity contribution is -0.0588. The van der Waals surface area contributed by atoms with Crippen LogP contribution < -0.4 is 16.0 Å². The molecule has 0 radical (unpaired) electrons. The van der Waals surface area contributed by atoms with E-state index < -0.39 is 30.2 Å². The van der Waals surface area contributed by atoms with Crippen LogP contribution in [0.15, 0.2) is 48.5 Å². The van der Waals surface area contributed by atoms with Crippen LogP contribution in [-0.2, 0) is 11.2 Å². The summed E-state index contributed by atoms with van der Waals surface area (Å²) in [5.41, 5.74) is 3.65. The Kier molecular flexibility index (Phi) is 13.4. The van der Waals surface area contributed by atoms with Crippen LogP contribution in [0.2, 0.25) is 0 Å². The Bertz CT molecular complexity index is 1080. The molecule has 40 heavy (non-hydrogen) atoms. The minimum atomic E-state index is -0.891. The Morgan fingerprint density at radius 3 is 1.90 bits per heavy atom. The zero-order chi connectivity index (χ0) is 29.7. The number of rotatable bonds is 14.